The van der Waals surface area contributed by atoms with E-state index in [1.54, 1.807) is 0 Å². The minimum atomic E-state index is -0.497. The van der Waals surface area contributed by atoms with Crippen LogP contribution in [0.25, 0.3) is 5.69 Å². The molecule has 0 saturated heterocycles. The lowest BCUT2D eigenvalue weighted by Gasteiger charge is -2.06. The van der Waals surface area contributed by atoms with E-state index in [9.17, 15) is 10.1 Å². The van der Waals surface area contributed by atoms with Gasteiger partial charge in [-0.15, -0.1) is 5.10 Å². The molecule has 2 N–H and O–H groups in total. The number of nitro benzene ring substituents is 1. The maximum Gasteiger partial charge on any atom is 0.295 e. The summed E-state index contributed by atoms with van der Waals surface area (Å²) in [5.74, 6) is 0.256. The lowest BCUT2D eigenvalue weighted by molar-refractivity contribution is -0.384. The van der Waals surface area contributed by atoms with Gasteiger partial charge in [-0.05, 0) is 18.6 Å². The monoisotopic (exact) mass is 267 g/mol. The van der Waals surface area contributed by atoms with Gasteiger partial charge >= 0.3 is 0 Å². The third kappa shape index (κ3) is 2.00. The molecule has 0 aliphatic heterocycles. The molecule has 94 valence electrons. The third-order valence-corrected chi connectivity index (χ3v) is 2.73. The minimum absolute atomic E-state index is 0.0981. The van der Waals surface area contributed by atoms with E-state index >= 15 is 0 Å². The second-order valence-corrected chi connectivity index (χ2v) is 4.01. The van der Waals surface area contributed by atoms with E-state index in [-0.39, 0.29) is 17.2 Å². The highest BCUT2D eigenvalue weighted by atomic mass is 35.5. The molecule has 0 unspecified atom stereocenters. The normalized spacial score (nSPS) is 10.6. The molecular weight excluding hydrogens is 258 g/mol. The summed E-state index contributed by atoms with van der Waals surface area (Å²) in [6.07, 6.45) is 0.558. The first-order valence-corrected chi connectivity index (χ1v) is 5.56. The highest BCUT2D eigenvalue weighted by molar-refractivity contribution is 6.30. The number of rotatable bonds is 3. The number of anilines is 1. The number of nitrogen functional groups attached to an aromatic ring is 1. The van der Waals surface area contributed by atoms with Crippen LogP contribution < -0.4 is 5.73 Å². The molecule has 2 aromatic rings. The average molecular weight is 268 g/mol. The Hall–Kier alpha value is -2.15. The number of nitro groups is 1. The summed E-state index contributed by atoms with van der Waals surface area (Å²) < 4.78 is 1.35. The van der Waals surface area contributed by atoms with Gasteiger partial charge in [-0.3, -0.25) is 10.1 Å². The molecule has 1 aromatic carbocycles. The van der Waals surface area contributed by atoms with Crippen molar-refractivity contribution in [3.8, 4) is 5.69 Å². The van der Waals surface area contributed by atoms with Gasteiger partial charge < -0.3 is 5.73 Å². The second-order valence-electron chi connectivity index (χ2n) is 3.58. The Morgan fingerprint density at radius 2 is 2.28 bits per heavy atom. The first-order chi connectivity index (χ1) is 8.54. The fraction of sp³-hybridized carbons (Fsp3) is 0.200. The lowest BCUT2D eigenvalue weighted by atomic mass is 10.2. The zero-order valence-corrected chi connectivity index (χ0v) is 10.3. The smallest absolute Gasteiger partial charge is 0.295 e. The van der Waals surface area contributed by atoms with Crippen LogP contribution in [0.5, 0.6) is 0 Å². The van der Waals surface area contributed by atoms with E-state index in [1.165, 1.54) is 22.9 Å². The van der Waals surface area contributed by atoms with Crippen LogP contribution in [0.15, 0.2) is 18.2 Å². The fourth-order valence-electron chi connectivity index (χ4n) is 1.66. The molecule has 0 saturated carbocycles. The summed E-state index contributed by atoms with van der Waals surface area (Å²) in [5.41, 5.74) is 6.43. The SMILES string of the molecule is CCc1c(N)nnn1-c1cc(Cl)ccc1[N+](=O)[O-]. The predicted molar refractivity (Wildman–Crippen MR) is 66.8 cm³/mol. The van der Waals surface area contributed by atoms with Crippen LogP contribution >= 0.6 is 11.6 Å². The fourth-order valence-corrected chi connectivity index (χ4v) is 1.82. The van der Waals surface area contributed by atoms with Crippen LogP contribution in [0, 0.1) is 10.1 Å². The summed E-state index contributed by atoms with van der Waals surface area (Å²) in [5, 5.41) is 18.9. The number of aromatic nitrogens is 3. The van der Waals surface area contributed by atoms with Crippen molar-refractivity contribution in [3.05, 3.63) is 39.0 Å². The van der Waals surface area contributed by atoms with E-state index in [0.29, 0.717) is 17.1 Å². The molecule has 2 rings (SSSR count). The van der Waals surface area contributed by atoms with Gasteiger partial charge in [-0.1, -0.05) is 23.7 Å². The molecule has 1 heterocycles. The molecule has 18 heavy (non-hydrogen) atoms. The van der Waals surface area contributed by atoms with Crippen LogP contribution in [0.1, 0.15) is 12.6 Å². The molecule has 0 amide bonds. The molecular formula is C10H10ClN5O2. The maximum atomic E-state index is 11.0. The predicted octanol–water partition coefficient (Wildman–Crippen LogP) is 1.97. The molecule has 0 fully saturated rings. The van der Waals surface area contributed by atoms with Gasteiger partial charge in [0.15, 0.2) is 5.82 Å². The van der Waals surface area contributed by atoms with Crippen molar-refractivity contribution in [2.75, 3.05) is 5.73 Å². The molecule has 1 aromatic heterocycles. The Balaban J connectivity index is 2.69. The topological polar surface area (TPSA) is 99.9 Å². The van der Waals surface area contributed by atoms with Crippen LogP contribution in [0.4, 0.5) is 11.5 Å². The number of nitrogens with zero attached hydrogens (tertiary/aromatic N) is 4. The van der Waals surface area contributed by atoms with Gasteiger partial charge in [0.2, 0.25) is 0 Å². The van der Waals surface area contributed by atoms with Gasteiger partial charge in [-0.25, -0.2) is 4.68 Å². The highest BCUT2D eigenvalue weighted by Gasteiger charge is 2.20. The van der Waals surface area contributed by atoms with Gasteiger partial charge in [0, 0.05) is 11.1 Å². The van der Waals surface area contributed by atoms with E-state index in [4.69, 9.17) is 17.3 Å². The number of hydrogen-bond donors (Lipinski definition) is 1. The molecule has 0 radical (unpaired) electrons. The largest absolute Gasteiger partial charge is 0.381 e. The van der Waals surface area contributed by atoms with E-state index in [2.05, 4.69) is 10.3 Å². The molecule has 0 bridgehead atoms. The first kappa shape index (κ1) is 12.3. The summed E-state index contributed by atoms with van der Waals surface area (Å²) in [4.78, 5) is 10.5. The second kappa shape index (κ2) is 4.61. The summed E-state index contributed by atoms with van der Waals surface area (Å²) in [7, 11) is 0. The molecule has 8 heteroatoms. The van der Waals surface area contributed by atoms with Crippen LogP contribution in [-0.4, -0.2) is 19.9 Å². The Bertz CT molecular complexity index is 610. The maximum absolute atomic E-state index is 11.0. The zero-order chi connectivity index (χ0) is 13.3. The number of halogens is 1. The number of hydrogen-bond acceptors (Lipinski definition) is 5. The van der Waals surface area contributed by atoms with E-state index in [1.807, 2.05) is 6.92 Å². The standard InChI is InChI=1S/C10H10ClN5O2/c1-2-7-10(12)13-14-15(7)9-5-6(11)3-4-8(9)16(17)18/h3-5H,2,12H2,1H3. The van der Waals surface area contributed by atoms with Gasteiger partial charge in [-0.2, -0.15) is 0 Å². The zero-order valence-electron chi connectivity index (χ0n) is 9.50. The summed E-state index contributed by atoms with van der Waals surface area (Å²) in [6, 6.07) is 4.25. The van der Waals surface area contributed by atoms with E-state index in [0.717, 1.165) is 0 Å². The lowest BCUT2D eigenvalue weighted by Crippen LogP contribution is -2.06. The van der Waals surface area contributed by atoms with Crippen LogP contribution in [-0.2, 0) is 6.42 Å². The molecule has 0 aliphatic rings. The first-order valence-electron chi connectivity index (χ1n) is 5.19. The van der Waals surface area contributed by atoms with Crippen molar-refractivity contribution in [1.82, 2.24) is 15.0 Å². The molecule has 0 spiro atoms. The highest BCUT2D eigenvalue weighted by Crippen LogP contribution is 2.27. The molecule has 0 aliphatic carbocycles. The molecule has 0 atom stereocenters. The van der Waals surface area contributed by atoms with Crippen molar-refractivity contribution >= 4 is 23.1 Å². The van der Waals surface area contributed by atoms with Crippen LogP contribution in [0.3, 0.4) is 0 Å². The Morgan fingerprint density at radius 3 is 2.89 bits per heavy atom. The van der Waals surface area contributed by atoms with Crippen molar-refractivity contribution in [1.29, 1.82) is 0 Å². The van der Waals surface area contributed by atoms with Crippen molar-refractivity contribution < 1.29 is 4.92 Å². The summed E-state index contributed by atoms with van der Waals surface area (Å²) >= 11 is 5.86. The van der Waals surface area contributed by atoms with Gasteiger partial charge in [0.05, 0.1) is 10.6 Å². The minimum Gasteiger partial charge on any atom is -0.381 e. The quantitative estimate of drug-likeness (QED) is 0.677. The summed E-state index contributed by atoms with van der Waals surface area (Å²) in [6.45, 7) is 1.86. The van der Waals surface area contributed by atoms with Crippen molar-refractivity contribution in [3.63, 3.8) is 0 Å². The van der Waals surface area contributed by atoms with Gasteiger partial charge in [0.1, 0.15) is 5.69 Å². The Kier molecular flexibility index (Phi) is 3.15. The average Bonchev–Trinajstić information content (AvgIpc) is 2.69. The Morgan fingerprint density at radius 1 is 1.56 bits per heavy atom. The third-order valence-electron chi connectivity index (χ3n) is 2.49. The van der Waals surface area contributed by atoms with E-state index < -0.39 is 4.92 Å². The van der Waals surface area contributed by atoms with Gasteiger partial charge in [0.25, 0.3) is 5.69 Å². The number of benzene rings is 1. The van der Waals surface area contributed by atoms with Crippen LogP contribution in [0.2, 0.25) is 5.02 Å². The number of nitrogens with two attached hydrogens (primary N) is 1. The Labute approximate surface area is 107 Å². The van der Waals surface area contributed by atoms with Crippen molar-refractivity contribution in [2.24, 2.45) is 0 Å². The van der Waals surface area contributed by atoms with Crippen molar-refractivity contribution in [2.45, 2.75) is 13.3 Å². The molecule has 7 nitrogen and oxygen atoms in total.